The summed E-state index contributed by atoms with van der Waals surface area (Å²) in [5, 5.41) is 7.52. The third-order valence-corrected chi connectivity index (χ3v) is 5.93. The van der Waals surface area contributed by atoms with E-state index in [4.69, 9.17) is 16.3 Å². The van der Waals surface area contributed by atoms with E-state index in [1.165, 1.54) is 12.0 Å². The zero-order chi connectivity index (χ0) is 19.4. The van der Waals surface area contributed by atoms with Crippen LogP contribution in [0.3, 0.4) is 0 Å². The predicted molar refractivity (Wildman–Crippen MR) is 112 cm³/mol. The van der Waals surface area contributed by atoms with Crippen LogP contribution in [0.25, 0.3) is 0 Å². The van der Waals surface area contributed by atoms with Gasteiger partial charge in [-0.2, -0.15) is 0 Å². The molecule has 27 heavy (non-hydrogen) atoms. The molecule has 0 amide bonds. The lowest BCUT2D eigenvalue weighted by atomic mass is 10.1. The average molecular weight is 388 g/mol. The lowest BCUT2D eigenvalue weighted by molar-refractivity contribution is 0.280. The molecule has 2 N–H and O–H groups in total. The Kier molecular flexibility index (Phi) is 6.61. The van der Waals surface area contributed by atoms with Crippen LogP contribution < -0.4 is 15.4 Å². The van der Waals surface area contributed by atoms with Crippen LogP contribution in [0.2, 0.25) is 0 Å². The summed E-state index contributed by atoms with van der Waals surface area (Å²) < 4.78 is 5.87. The molecule has 4 nitrogen and oxygen atoms in total. The van der Waals surface area contributed by atoms with Crippen LogP contribution in [0.4, 0.5) is 0 Å². The Morgan fingerprint density at radius 2 is 2.15 bits per heavy atom. The lowest BCUT2D eigenvalue weighted by Gasteiger charge is -2.16. The highest BCUT2D eigenvalue weighted by Crippen LogP contribution is 2.38. The Hall–Kier alpha value is -1.78. The van der Waals surface area contributed by atoms with E-state index in [-0.39, 0.29) is 6.04 Å². The number of allylic oxidation sites excluding steroid dienone is 2. The van der Waals surface area contributed by atoms with Crippen molar-refractivity contribution < 1.29 is 4.74 Å². The maximum absolute atomic E-state index is 6.58. The smallest absolute Gasteiger partial charge is 0.216 e. The van der Waals surface area contributed by atoms with Crippen molar-refractivity contribution in [2.45, 2.75) is 46.2 Å². The van der Waals surface area contributed by atoms with Gasteiger partial charge in [0.25, 0.3) is 0 Å². The van der Waals surface area contributed by atoms with Crippen LogP contribution in [0, 0.1) is 18.8 Å². The molecular weight excluding hydrogens is 358 g/mol. The second kappa shape index (κ2) is 8.94. The molecule has 1 fully saturated rings. The highest BCUT2D eigenvalue weighted by molar-refractivity contribution is 6.32. The predicted octanol–water partition coefficient (Wildman–Crippen LogP) is 4.46. The molecule has 3 atom stereocenters. The monoisotopic (exact) mass is 387 g/mol. The Balaban J connectivity index is 1.61. The van der Waals surface area contributed by atoms with Gasteiger partial charge in [-0.1, -0.05) is 36.2 Å². The zero-order valence-corrected chi connectivity index (χ0v) is 17.4. The zero-order valence-electron chi connectivity index (χ0n) is 16.7. The van der Waals surface area contributed by atoms with Crippen molar-refractivity contribution in [2.75, 3.05) is 13.7 Å². The number of hydrogen-bond acceptors (Lipinski definition) is 4. The van der Waals surface area contributed by atoms with E-state index in [1.807, 2.05) is 19.4 Å². The number of hydrogen-bond donors (Lipinski definition) is 2. The van der Waals surface area contributed by atoms with Gasteiger partial charge in [-0.3, -0.25) is 0 Å². The van der Waals surface area contributed by atoms with Gasteiger partial charge >= 0.3 is 0 Å². The van der Waals surface area contributed by atoms with Crippen molar-refractivity contribution in [2.24, 2.45) is 11.8 Å². The summed E-state index contributed by atoms with van der Waals surface area (Å²) in [5.41, 5.74) is 4.45. The summed E-state index contributed by atoms with van der Waals surface area (Å²) in [5.74, 6) is 2.25. The molecule has 2 aliphatic rings. The van der Waals surface area contributed by atoms with E-state index >= 15 is 0 Å². The Labute approximate surface area is 167 Å². The van der Waals surface area contributed by atoms with E-state index < -0.39 is 0 Å². The quantitative estimate of drug-likeness (QED) is 0.678. The number of likely N-dealkylation sites (N-methyl/N-ethyl adjacent to an activating group) is 1. The number of nitrogens with one attached hydrogen (secondary N) is 2. The van der Waals surface area contributed by atoms with Crippen LogP contribution in [0.1, 0.15) is 37.8 Å². The number of aromatic nitrogens is 1. The number of pyridine rings is 1. The van der Waals surface area contributed by atoms with E-state index in [1.54, 1.807) is 0 Å². The molecule has 0 aliphatic heterocycles. The number of halogens is 1. The van der Waals surface area contributed by atoms with Crippen molar-refractivity contribution in [3.63, 3.8) is 0 Å². The highest BCUT2D eigenvalue weighted by Gasteiger charge is 2.33. The molecule has 0 radical (unpaired) electrons. The molecule has 3 unspecified atom stereocenters. The second-order valence-corrected chi connectivity index (χ2v) is 8.10. The fraction of sp³-hybridized carbons (Fsp3) is 0.500. The molecule has 5 heteroatoms. The number of rotatable bonds is 7. The van der Waals surface area contributed by atoms with Gasteiger partial charge in [-0.05, 0) is 57.2 Å². The van der Waals surface area contributed by atoms with Crippen molar-refractivity contribution in [3.8, 4) is 5.88 Å². The van der Waals surface area contributed by atoms with E-state index in [0.29, 0.717) is 12.5 Å². The molecule has 2 aliphatic carbocycles. The topological polar surface area (TPSA) is 46.2 Å². The Morgan fingerprint density at radius 3 is 2.81 bits per heavy atom. The van der Waals surface area contributed by atoms with Crippen molar-refractivity contribution in [1.29, 1.82) is 0 Å². The molecule has 1 heterocycles. The molecule has 0 spiro atoms. The molecule has 0 bridgehead atoms. The van der Waals surface area contributed by atoms with Gasteiger partial charge in [0, 0.05) is 35.1 Å². The Bertz CT molecular complexity index is 769. The third kappa shape index (κ3) is 5.14. The first-order valence-electron chi connectivity index (χ1n) is 9.71. The fourth-order valence-corrected chi connectivity index (χ4v) is 3.58. The number of aryl methyl sites for hydroxylation is 1. The number of nitrogens with zero attached hydrogens (tertiary/aromatic N) is 1. The van der Waals surface area contributed by atoms with Crippen LogP contribution in [0.5, 0.6) is 5.88 Å². The molecule has 146 valence electrons. The largest absolute Gasteiger partial charge is 0.477 e. The molecule has 1 aromatic rings. The third-order valence-electron chi connectivity index (χ3n) is 5.39. The van der Waals surface area contributed by atoms with Gasteiger partial charge in [0.15, 0.2) is 0 Å². The highest BCUT2D eigenvalue weighted by atomic mass is 35.5. The van der Waals surface area contributed by atoms with Gasteiger partial charge < -0.3 is 15.4 Å². The Morgan fingerprint density at radius 1 is 1.37 bits per heavy atom. The van der Waals surface area contributed by atoms with Gasteiger partial charge in [0.1, 0.15) is 0 Å². The molecule has 1 saturated carbocycles. The fourth-order valence-electron chi connectivity index (χ4n) is 3.33. The summed E-state index contributed by atoms with van der Waals surface area (Å²) in [6.07, 6.45) is 10.4. The van der Waals surface area contributed by atoms with Crippen molar-refractivity contribution in [1.82, 2.24) is 15.6 Å². The number of ether oxygens (including phenoxy) is 1. The minimum Gasteiger partial charge on any atom is -0.477 e. The average Bonchev–Trinajstić information content (AvgIpc) is 3.38. The minimum atomic E-state index is 0.114. The van der Waals surface area contributed by atoms with Crippen molar-refractivity contribution in [3.05, 3.63) is 57.9 Å². The van der Waals surface area contributed by atoms with Gasteiger partial charge in [0.05, 0.1) is 12.6 Å². The maximum atomic E-state index is 6.58. The van der Waals surface area contributed by atoms with Gasteiger partial charge in [-0.15, -0.1) is 0 Å². The standard InChI is InChI=1S/C22H30ClN3O/c1-14-6-5-7-20(24-4)19(21(14)23)12-25-10-17-8-16(3)22(26-11-17)27-13-18-9-15(18)2/h5,7-8,11-12,15,18,20,24-25H,6,9-10,13H2,1-4H3/b19-12+. The molecule has 3 rings (SSSR count). The minimum absolute atomic E-state index is 0.114. The molecule has 0 saturated heterocycles. The van der Waals surface area contributed by atoms with Gasteiger partial charge in [0.2, 0.25) is 5.88 Å². The van der Waals surface area contributed by atoms with E-state index in [0.717, 1.165) is 46.6 Å². The molecule has 0 aromatic carbocycles. The van der Waals surface area contributed by atoms with E-state index in [9.17, 15) is 0 Å². The van der Waals surface area contributed by atoms with Crippen LogP contribution in [0.15, 0.2) is 46.8 Å². The lowest BCUT2D eigenvalue weighted by Crippen LogP contribution is -2.26. The van der Waals surface area contributed by atoms with Crippen molar-refractivity contribution >= 4 is 11.6 Å². The van der Waals surface area contributed by atoms with E-state index in [2.05, 4.69) is 54.6 Å². The van der Waals surface area contributed by atoms with Crippen LogP contribution >= 0.6 is 11.6 Å². The first-order valence-corrected chi connectivity index (χ1v) is 10.1. The first kappa shape index (κ1) is 20.0. The van der Waals surface area contributed by atoms with Crippen LogP contribution in [-0.4, -0.2) is 24.7 Å². The second-order valence-electron chi connectivity index (χ2n) is 7.72. The SMILES string of the molecule is CNC1C=CCC(C)=C(Cl)/C1=C/NCc1cnc(OCC2CC2C)c(C)c1. The summed E-state index contributed by atoms with van der Waals surface area (Å²) in [6.45, 7) is 7.87. The summed E-state index contributed by atoms with van der Waals surface area (Å²) in [7, 11) is 1.95. The first-order chi connectivity index (χ1) is 13.0. The van der Waals surface area contributed by atoms with Crippen LogP contribution in [-0.2, 0) is 6.54 Å². The van der Waals surface area contributed by atoms with Gasteiger partial charge in [-0.25, -0.2) is 4.98 Å². The normalized spacial score (nSPS) is 26.3. The summed E-state index contributed by atoms with van der Waals surface area (Å²) in [6, 6.07) is 2.25. The molecular formula is C22H30ClN3O. The summed E-state index contributed by atoms with van der Waals surface area (Å²) >= 11 is 6.58. The molecule has 1 aromatic heterocycles. The summed E-state index contributed by atoms with van der Waals surface area (Å²) in [4.78, 5) is 4.50. The maximum Gasteiger partial charge on any atom is 0.216 e.